The van der Waals surface area contributed by atoms with Crippen molar-refractivity contribution in [2.75, 3.05) is 0 Å². The van der Waals surface area contributed by atoms with E-state index in [0.717, 1.165) is 0 Å². The summed E-state index contributed by atoms with van der Waals surface area (Å²) in [6.07, 6.45) is 7.67. The highest BCUT2D eigenvalue weighted by molar-refractivity contribution is 5.95. The molecule has 0 radical (unpaired) electrons. The van der Waals surface area contributed by atoms with E-state index >= 15 is 0 Å². The van der Waals surface area contributed by atoms with E-state index in [2.05, 4.69) is 17.2 Å². The molecule has 0 heterocycles. The molecule has 0 saturated heterocycles. The van der Waals surface area contributed by atoms with Gasteiger partial charge in [0.1, 0.15) is 5.82 Å². The van der Waals surface area contributed by atoms with E-state index in [9.17, 15) is 18.0 Å². The van der Waals surface area contributed by atoms with Crippen LogP contribution in [0.1, 0.15) is 45.6 Å². The first-order chi connectivity index (χ1) is 13.8. The Hall–Kier alpha value is -2.74. The van der Waals surface area contributed by atoms with Crippen molar-refractivity contribution in [3.63, 3.8) is 0 Å². The van der Waals surface area contributed by atoms with Crippen LogP contribution in [0, 0.1) is 23.6 Å². The third-order valence-corrected chi connectivity index (χ3v) is 4.79. The Labute approximate surface area is 170 Å². The van der Waals surface area contributed by atoms with Crippen molar-refractivity contribution in [1.82, 2.24) is 5.32 Å². The minimum atomic E-state index is -2.95. The highest BCUT2D eigenvalue weighted by Crippen LogP contribution is 2.26. The summed E-state index contributed by atoms with van der Waals surface area (Å²) >= 11 is 0. The molecule has 2 nitrogen and oxygen atoms in total. The molecule has 1 amide bonds. The second-order valence-electron chi connectivity index (χ2n) is 7.08. The Morgan fingerprint density at radius 3 is 2.66 bits per heavy atom. The van der Waals surface area contributed by atoms with Crippen LogP contribution in [-0.2, 0) is 4.79 Å². The first-order valence-electron chi connectivity index (χ1n) is 9.83. The molecule has 0 bridgehead atoms. The molecule has 0 spiro atoms. The Morgan fingerprint density at radius 1 is 1.24 bits per heavy atom. The number of benzene rings is 1. The van der Waals surface area contributed by atoms with Gasteiger partial charge in [-0.2, -0.15) is 0 Å². The van der Waals surface area contributed by atoms with Gasteiger partial charge in [-0.05, 0) is 43.7 Å². The van der Waals surface area contributed by atoms with Gasteiger partial charge in [0, 0.05) is 29.0 Å². The molecule has 1 N–H and O–H groups in total. The average molecular weight is 401 g/mol. The lowest BCUT2D eigenvalue weighted by Gasteiger charge is -2.25. The number of carbonyl (C=O) groups excluding carboxylic acids is 1. The highest BCUT2D eigenvalue weighted by atomic mass is 19.3. The van der Waals surface area contributed by atoms with Gasteiger partial charge in [0.25, 0.3) is 5.92 Å². The van der Waals surface area contributed by atoms with Gasteiger partial charge in [0.2, 0.25) is 5.91 Å². The number of allylic oxidation sites excluding steroid dienone is 5. The average Bonchev–Trinajstić information content (AvgIpc) is 2.88. The molecule has 1 aliphatic rings. The second-order valence-corrected chi connectivity index (χ2v) is 7.08. The second kappa shape index (κ2) is 10.2. The van der Waals surface area contributed by atoms with E-state index in [1.54, 1.807) is 37.3 Å². The van der Waals surface area contributed by atoms with E-state index in [1.807, 2.05) is 13.0 Å². The molecule has 0 saturated carbocycles. The quantitative estimate of drug-likeness (QED) is 0.621. The summed E-state index contributed by atoms with van der Waals surface area (Å²) in [6.45, 7) is 4.94. The molecule has 1 aliphatic carbocycles. The fraction of sp³-hybridized carbons (Fsp3) is 0.375. The summed E-state index contributed by atoms with van der Waals surface area (Å²) in [5.41, 5.74) is 1.62. The standard InChI is InChI=1S/C24H26F3NO/c1-4-15-24(26,27)17(3)28-23(29)22-14-12-18(11-13-20(22)5-2)9-10-19-7-6-8-21(25)16-19/h6-8,11-14,16-17,20H,4-5,15H2,1-3H3,(H,28,29). The van der Waals surface area contributed by atoms with Crippen LogP contribution in [0.2, 0.25) is 0 Å². The van der Waals surface area contributed by atoms with Crippen LogP contribution in [0.4, 0.5) is 13.2 Å². The molecule has 154 valence electrons. The van der Waals surface area contributed by atoms with E-state index in [-0.39, 0.29) is 18.2 Å². The fourth-order valence-corrected chi connectivity index (χ4v) is 3.01. The molecule has 2 rings (SSSR count). The monoisotopic (exact) mass is 401 g/mol. The van der Waals surface area contributed by atoms with Crippen LogP contribution in [0.3, 0.4) is 0 Å². The summed E-state index contributed by atoms with van der Waals surface area (Å²) in [4.78, 5) is 12.7. The number of alkyl halides is 2. The fourth-order valence-electron chi connectivity index (χ4n) is 3.01. The lowest BCUT2D eigenvalue weighted by Crippen LogP contribution is -2.46. The van der Waals surface area contributed by atoms with Crippen LogP contribution in [0.15, 0.2) is 59.7 Å². The molecule has 1 aromatic carbocycles. The lowest BCUT2D eigenvalue weighted by atomic mass is 9.94. The summed E-state index contributed by atoms with van der Waals surface area (Å²) < 4.78 is 41.4. The van der Waals surface area contributed by atoms with Crippen LogP contribution < -0.4 is 5.32 Å². The number of nitrogens with one attached hydrogen (secondary N) is 1. The minimum absolute atomic E-state index is 0.202. The maximum atomic E-state index is 14.1. The minimum Gasteiger partial charge on any atom is -0.344 e. The maximum Gasteiger partial charge on any atom is 0.267 e. The predicted octanol–water partition coefficient (Wildman–Crippen LogP) is 5.57. The Bertz CT molecular complexity index is 887. The first-order valence-corrected chi connectivity index (χ1v) is 9.83. The van der Waals surface area contributed by atoms with Gasteiger partial charge in [-0.1, -0.05) is 50.3 Å². The van der Waals surface area contributed by atoms with Crippen LogP contribution in [0.5, 0.6) is 0 Å². The van der Waals surface area contributed by atoms with E-state index in [1.165, 1.54) is 19.1 Å². The number of rotatable bonds is 6. The molecule has 0 fully saturated rings. The van der Waals surface area contributed by atoms with Crippen molar-refractivity contribution in [3.8, 4) is 11.8 Å². The van der Waals surface area contributed by atoms with E-state index in [4.69, 9.17) is 0 Å². The highest BCUT2D eigenvalue weighted by Gasteiger charge is 2.36. The van der Waals surface area contributed by atoms with Crippen molar-refractivity contribution in [2.24, 2.45) is 5.92 Å². The largest absolute Gasteiger partial charge is 0.344 e. The van der Waals surface area contributed by atoms with Crippen molar-refractivity contribution in [1.29, 1.82) is 0 Å². The van der Waals surface area contributed by atoms with Gasteiger partial charge in [0.05, 0.1) is 6.04 Å². The smallest absolute Gasteiger partial charge is 0.267 e. The molecular weight excluding hydrogens is 375 g/mol. The Morgan fingerprint density at radius 2 is 2.00 bits per heavy atom. The predicted molar refractivity (Wildman–Crippen MR) is 110 cm³/mol. The van der Waals surface area contributed by atoms with Gasteiger partial charge in [0.15, 0.2) is 0 Å². The molecule has 0 aliphatic heterocycles. The summed E-state index contributed by atoms with van der Waals surface area (Å²) in [6, 6.07) is 4.73. The van der Waals surface area contributed by atoms with Gasteiger partial charge in [-0.3, -0.25) is 4.79 Å². The normalized spacial score (nSPS) is 17.4. The number of carbonyl (C=O) groups is 1. The Kier molecular flexibility index (Phi) is 7.90. The summed E-state index contributed by atoms with van der Waals surface area (Å²) in [5.74, 6) is 1.82. The summed E-state index contributed by atoms with van der Waals surface area (Å²) in [7, 11) is 0. The molecule has 0 aromatic heterocycles. The number of halogens is 3. The van der Waals surface area contributed by atoms with Crippen LogP contribution in [0.25, 0.3) is 0 Å². The van der Waals surface area contributed by atoms with Crippen molar-refractivity contribution < 1.29 is 18.0 Å². The Balaban J connectivity index is 2.21. The molecule has 2 atom stereocenters. The van der Waals surface area contributed by atoms with E-state index < -0.39 is 17.9 Å². The molecule has 2 unspecified atom stereocenters. The molecule has 29 heavy (non-hydrogen) atoms. The van der Waals surface area contributed by atoms with E-state index in [0.29, 0.717) is 29.6 Å². The van der Waals surface area contributed by atoms with Gasteiger partial charge < -0.3 is 5.32 Å². The van der Waals surface area contributed by atoms with Crippen LogP contribution in [-0.4, -0.2) is 17.9 Å². The third kappa shape index (κ3) is 6.39. The maximum absolute atomic E-state index is 14.1. The summed E-state index contributed by atoms with van der Waals surface area (Å²) in [5, 5.41) is 2.45. The zero-order valence-corrected chi connectivity index (χ0v) is 16.9. The molecule has 1 aromatic rings. The molecular formula is C24H26F3NO. The van der Waals surface area contributed by atoms with Crippen LogP contribution >= 0.6 is 0 Å². The molecule has 5 heteroatoms. The zero-order chi connectivity index (χ0) is 21.4. The van der Waals surface area contributed by atoms with Crippen molar-refractivity contribution >= 4 is 5.91 Å². The van der Waals surface area contributed by atoms with Gasteiger partial charge >= 0.3 is 0 Å². The third-order valence-electron chi connectivity index (χ3n) is 4.79. The number of amides is 1. The lowest BCUT2D eigenvalue weighted by molar-refractivity contribution is -0.122. The first kappa shape index (κ1) is 22.5. The zero-order valence-electron chi connectivity index (χ0n) is 16.9. The van der Waals surface area contributed by atoms with Gasteiger partial charge in [-0.25, -0.2) is 13.2 Å². The number of hydrogen-bond acceptors (Lipinski definition) is 1. The van der Waals surface area contributed by atoms with Gasteiger partial charge in [-0.15, -0.1) is 0 Å². The topological polar surface area (TPSA) is 29.1 Å². The number of hydrogen-bond donors (Lipinski definition) is 1. The SMILES string of the molecule is CCCC(F)(F)C(C)NC(=O)C1=CC=C(C#Cc2cccc(F)c2)C=CC1CC. The van der Waals surface area contributed by atoms with Crippen molar-refractivity contribution in [2.45, 2.75) is 52.0 Å². The van der Waals surface area contributed by atoms with Crippen molar-refractivity contribution in [3.05, 3.63) is 71.1 Å².